The van der Waals surface area contributed by atoms with Crippen LogP contribution in [0.15, 0.2) is 121 Å². The first-order valence-electron chi connectivity index (χ1n) is 13.2. The SMILES string of the molecule is Cc1cc2c(-c3cc4ccccc4s3)cccc2[cH-]1.Cc1cc2c(-c3cc4ccccc4s3)cccc2[cH-]1.Cl.Cl.[CH3-].[CH3-].[Si]=[Zr]. The predicted molar refractivity (Wildman–Crippen MR) is 203 cm³/mol. The first-order chi connectivity index (χ1) is 19.6. The summed E-state index contributed by atoms with van der Waals surface area (Å²) in [5.74, 6) is 0. The van der Waals surface area contributed by atoms with Gasteiger partial charge < -0.3 is 14.9 Å². The maximum atomic E-state index is 3.06. The molecular formula is C38H34Cl2S2SiZr-4. The molecule has 0 aliphatic carbocycles. The fourth-order valence-electron chi connectivity index (χ4n) is 5.43. The van der Waals surface area contributed by atoms with Crippen LogP contribution in [0.2, 0.25) is 0 Å². The fourth-order valence-corrected chi connectivity index (χ4v) is 7.63. The number of aryl methyl sites for hydroxylation is 2. The van der Waals surface area contributed by atoms with E-state index in [1.54, 1.807) is 0 Å². The van der Waals surface area contributed by atoms with E-state index in [1.165, 1.54) is 97.1 Å². The van der Waals surface area contributed by atoms with Crippen LogP contribution >= 0.6 is 47.5 Å². The van der Waals surface area contributed by atoms with E-state index in [4.69, 9.17) is 0 Å². The molecule has 8 aromatic rings. The van der Waals surface area contributed by atoms with Gasteiger partial charge >= 0.3 is 30.2 Å². The molecule has 0 fully saturated rings. The molecular weight excluding hydrogens is 711 g/mol. The number of fused-ring (bicyclic) bond motifs is 4. The standard InChI is InChI=1S/2C18H13S.2CH3.2ClH.Si.Zr/c2*1-12-9-13-6-4-7-15(16(13)10-12)18-11-14-5-2-3-8-17(14)19-18;;;;;;/h2*2-11H,1H3;2*1H3;2*1H;;/q4*-1;;;;. The molecule has 0 atom stereocenters. The molecule has 2 radical (unpaired) electrons. The van der Waals surface area contributed by atoms with E-state index in [9.17, 15) is 0 Å². The van der Waals surface area contributed by atoms with Crippen molar-refractivity contribution >= 4 is 96.1 Å². The number of benzene rings is 4. The summed E-state index contributed by atoms with van der Waals surface area (Å²) >= 11 is 5.10. The Balaban J connectivity index is 0.000000268. The zero-order valence-corrected chi connectivity index (χ0v) is 31.9. The van der Waals surface area contributed by atoms with E-state index in [2.05, 4.69) is 142 Å². The van der Waals surface area contributed by atoms with Crippen LogP contribution in [0.1, 0.15) is 11.1 Å². The van der Waals surface area contributed by atoms with Crippen LogP contribution in [0.4, 0.5) is 0 Å². The van der Waals surface area contributed by atoms with Gasteiger partial charge in [-0.2, -0.15) is 12.1 Å². The van der Waals surface area contributed by atoms with Crippen molar-refractivity contribution in [2.75, 3.05) is 0 Å². The second-order valence-electron chi connectivity index (χ2n) is 9.98. The van der Waals surface area contributed by atoms with E-state index in [0.717, 1.165) is 0 Å². The summed E-state index contributed by atoms with van der Waals surface area (Å²) in [5.41, 5.74) is 5.38. The fraction of sp³-hybridized carbons (Fsp3) is 0.0526. The molecule has 0 saturated heterocycles. The molecule has 0 nitrogen and oxygen atoms in total. The third-order valence-electron chi connectivity index (χ3n) is 7.17. The van der Waals surface area contributed by atoms with Crippen LogP contribution in [0.25, 0.3) is 62.6 Å². The first kappa shape index (κ1) is 37.9. The van der Waals surface area contributed by atoms with Gasteiger partial charge in [0.1, 0.15) is 0 Å². The number of hydrogen-bond acceptors (Lipinski definition) is 2. The van der Waals surface area contributed by atoms with Crippen LogP contribution in [0.3, 0.4) is 0 Å². The van der Waals surface area contributed by atoms with Gasteiger partial charge in [-0.05, 0) is 35.0 Å². The molecule has 0 amide bonds. The van der Waals surface area contributed by atoms with Gasteiger partial charge in [-0.1, -0.05) is 73.5 Å². The van der Waals surface area contributed by atoms with Gasteiger partial charge in [-0.25, -0.2) is 0 Å². The zero-order chi connectivity index (χ0) is 27.6. The topological polar surface area (TPSA) is 0 Å². The minimum absolute atomic E-state index is 0. The van der Waals surface area contributed by atoms with E-state index >= 15 is 0 Å². The summed E-state index contributed by atoms with van der Waals surface area (Å²) in [4.78, 5) is 2.72. The Bertz CT molecular complexity index is 1880. The molecule has 0 spiro atoms. The third kappa shape index (κ3) is 7.73. The molecule has 8 rings (SSSR count). The second kappa shape index (κ2) is 16.9. The minimum atomic E-state index is 0. The van der Waals surface area contributed by atoms with Crippen molar-refractivity contribution in [3.05, 3.63) is 147 Å². The molecule has 44 heavy (non-hydrogen) atoms. The average Bonchev–Trinajstić information content (AvgIpc) is 3.76. The van der Waals surface area contributed by atoms with Crippen molar-refractivity contribution in [2.45, 2.75) is 13.8 Å². The van der Waals surface area contributed by atoms with Gasteiger partial charge in [-0.3, -0.25) is 0 Å². The molecule has 0 N–H and O–H groups in total. The van der Waals surface area contributed by atoms with Crippen LogP contribution in [-0.2, 0) is 23.3 Å². The Labute approximate surface area is 298 Å². The third-order valence-corrected chi connectivity index (χ3v) is 9.47. The van der Waals surface area contributed by atoms with Gasteiger partial charge in [0, 0.05) is 19.2 Å². The molecule has 0 bridgehead atoms. The summed E-state index contributed by atoms with van der Waals surface area (Å²) < 4.78 is 2.72. The van der Waals surface area contributed by atoms with E-state index < -0.39 is 0 Å². The van der Waals surface area contributed by atoms with Crippen LogP contribution in [0.5, 0.6) is 0 Å². The Morgan fingerprint density at radius 3 is 1.30 bits per heavy atom. The first-order valence-corrected chi connectivity index (χ1v) is 19.0. The summed E-state index contributed by atoms with van der Waals surface area (Å²) in [7, 11) is 0. The number of hydrogen-bond donors (Lipinski definition) is 0. The Morgan fingerprint density at radius 2 is 0.909 bits per heavy atom. The van der Waals surface area contributed by atoms with E-state index in [1.807, 2.05) is 22.7 Å². The van der Waals surface area contributed by atoms with Crippen LogP contribution in [-0.4, -0.2) is 6.88 Å². The molecule has 224 valence electrons. The van der Waals surface area contributed by atoms with Crippen molar-refractivity contribution in [3.8, 4) is 20.9 Å². The normalized spacial score (nSPS) is 9.93. The van der Waals surface area contributed by atoms with Crippen molar-refractivity contribution in [1.29, 1.82) is 0 Å². The van der Waals surface area contributed by atoms with Gasteiger partial charge in [0.15, 0.2) is 0 Å². The number of thiophene rings is 2. The Kier molecular flexibility index (Phi) is 14.5. The maximum absolute atomic E-state index is 3.06. The van der Waals surface area contributed by atoms with E-state index in [-0.39, 0.29) is 39.7 Å². The quantitative estimate of drug-likeness (QED) is 0.122. The summed E-state index contributed by atoms with van der Waals surface area (Å²) in [5, 5.41) is 8.09. The van der Waals surface area contributed by atoms with Crippen LogP contribution in [0, 0.1) is 28.7 Å². The predicted octanol–water partition coefficient (Wildman–Crippen LogP) is 12.9. The molecule has 0 saturated carbocycles. The average molecular weight is 745 g/mol. The van der Waals surface area contributed by atoms with Crippen molar-refractivity contribution in [2.24, 2.45) is 0 Å². The van der Waals surface area contributed by atoms with Gasteiger partial charge in [0.2, 0.25) is 0 Å². The van der Waals surface area contributed by atoms with Crippen LogP contribution < -0.4 is 0 Å². The van der Waals surface area contributed by atoms with Crippen molar-refractivity contribution < 1.29 is 23.3 Å². The molecule has 0 aliphatic heterocycles. The summed E-state index contributed by atoms with van der Waals surface area (Å²) in [6.07, 6.45) is 0. The molecule has 2 heterocycles. The van der Waals surface area contributed by atoms with Gasteiger partial charge in [0.05, 0.1) is 0 Å². The summed E-state index contributed by atoms with van der Waals surface area (Å²) in [6.45, 7) is 7.39. The molecule has 0 aliphatic rings. The van der Waals surface area contributed by atoms with Gasteiger partial charge in [0.25, 0.3) is 0 Å². The summed E-state index contributed by atoms with van der Waals surface area (Å²) in [6, 6.07) is 44.0. The van der Waals surface area contributed by atoms with E-state index in [0.29, 0.717) is 0 Å². The molecule has 2 aromatic heterocycles. The van der Waals surface area contributed by atoms with Gasteiger partial charge in [-0.15, -0.1) is 117 Å². The molecule has 6 heteroatoms. The number of rotatable bonds is 2. The monoisotopic (exact) mass is 742 g/mol. The number of halogens is 2. The van der Waals surface area contributed by atoms with Crippen molar-refractivity contribution in [3.63, 3.8) is 0 Å². The zero-order valence-electron chi connectivity index (χ0n) is 25.2. The Morgan fingerprint density at radius 1 is 0.523 bits per heavy atom. The second-order valence-corrected chi connectivity index (χ2v) is 12.1. The molecule has 0 unspecified atom stereocenters. The Hall–Kier alpha value is -2.30. The van der Waals surface area contributed by atoms with Crippen molar-refractivity contribution in [1.82, 2.24) is 0 Å². The molecule has 6 aromatic carbocycles.